The van der Waals surface area contributed by atoms with Crippen LogP contribution in [0.3, 0.4) is 0 Å². The number of para-hydroxylation sites is 1. The second-order valence-electron chi connectivity index (χ2n) is 11.9. The summed E-state index contributed by atoms with van der Waals surface area (Å²) in [5, 5.41) is 13.1. The van der Waals surface area contributed by atoms with E-state index in [1.165, 1.54) is 11.3 Å². The SMILES string of the molecule is CC(C)(C)c1cc(NC(=O)Nc2ccc(-c3cn4c(n3)sc3nc(OCC5(Nc6ccccc6)CC5)ccc34)cc2)no1. The summed E-state index contributed by atoms with van der Waals surface area (Å²) in [6, 6.07) is 23.1. The molecule has 0 spiro atoms. The number of imidazole rings is 1. The fraction of sp³-hybridized carbons (Fsp3) is 0.250. The van der Waals surface area contributed by atoms with Crippen LogP contribution >= 0.6 is 11.3 Å². The van der Waals surface area contributed by atoms with E-state index in [-0.39, 0.29) is 11.0 Å². The van der Waals surface area contributed by atoms with Crippen molar-refractivity contribution in [1.29, 1.82) is 0 Å². The van der Waals surface area contributed by atoms with Crippen molar-refractivity contribution in [3.8, 4) is 17.1 Å². The molecule has 0 saturated heterocycles. The fourth-order valence-corrected chi connectivity index (χ4v) is 5.75. The Hall–Kier alpha value is -4.90. The number of ether oxygens (including phenoxy) is 1. The average molecular weight is 594 g/mol. The second-order valence-corrected chi connectivity index (χ2v) is 12.9. The second kappa shape index (κ2) is 10.4. The summed E-state index contributed by atoms with van der Waals surface area (Å²) >= 11 is 1.52. The molecule has 4 heterocycles. The Morgan fingerprint density at radius 3 is 2.51 bits per heavy atom. The highest BCUT2D eigenvalue weighted by Gasteiger charge is 2.43. The molecule has 10 nitrogen and oxygen atoms in total. The number of carbonyl (C=O) groups excluding carboxylic acids is 1. The zero-order valence-corrected chi connectivity index (χ0v) is 24.9. The van der Waals surface area contributed by atoms with Crippen molar-refractivity contribution in [2.24, 2.45) is 0 Å². The molecule has 0 bridgehead atoms. The summed E-state index contributed by atoms with van der Waals surface area (Å²) in [5.74, 6) is 1.68. The Kier molecular flexibility index (Phi) is 6.54. The molecule has 1 fully saturated rings. The lowest BCUT2D eigenvalue weighted by Crippen LogP contribution is -2.29. The highest BCUT2D eigenvalue weighted by molar-refractivity contribution is 7.23. The van der Waals surface area contributed by atoms with Crippen molar-refractivity contribution in [3.05, 3.63) is 84.8 Å². The van der Waals surface area contributed by atoms with E-state index in [0.717, 1.165) is 45.1 Å². The van der Waals surface area contributed by atoms with Gasteiger partial charge >= 0.3 is 6.03 Å². The third kappa shape index (κ3) is 5.76. The number of pyridine rings is 1. The lowest BCUT2D eigenvalue weighted by molar-refractivity contribution is 0.262. The number of amides is 2. The number of benzene rings is 2. The number of nitrogens with zero attached hydrogens (tertiary/aromatic N) is 4. The van der Waals surface area contributed by atoms with Crippen LogP contribution in [0.15, 0.2) is 83.5 Å². The van der Waals surface area contributed by atoms with Gasteiger partial charge in [0.1, 0.15) is 17.2 Å². The number of rotatable bonds is 8. The molecule has 2 amide bonds. The van der Waals surface area contributed by atoms with Crippen LogP contribution in [0.2, 0.25) is 0 Å². The van der Waals surface area contributed by atoms with E-state index in [0.29, 0.717) is 29.8 Å². The summed E-state index contributed by atoms with van der Waals surface area (Å²) in [5.41, 5.74) is 4.29. The van der Waals surface area contributed by atoms with Gasteiger partial charge in [0.05, 0.1) is 16.7 Å². The molecule has 0 unspecified atom stereocenters. The Bertz CT molecular complexity index is 1920. The van der Waals surface area contributed by atoms with Gasteiger partial charge in [-0.3, -0.25) is 9.72 Å². The van der Waals surface area contributed by atoms with E-state index < -0.39 is 6.03 Å². The van der Waals surface area contributed by atoms with Gasteiger partial charge in [-0.15, -0.1) is 0 Å². The molecule has 2 aromatic carbocycles. The first-order valence-electron chi connectivity index (χ1n) is 14.1. The van der Waals surface area contributed by atoms with Crippen LogP contribution in [0, 0.1) is 0 Å². The molecule has 1 aliphatic carbocycles. The van der Waals surface area contributed by atoms with Gasteiger partial charge in [0.2, 0.25) is 5.88 Å². The Labute approximate surface area is 252 Å². The number of carbonyl (C=O) groups is 1. The van der Waals surface area contributed by atoms with E-state index in [4.69, 9.17) is 19.2 Å². The third-order valence-corrected chi connectivity index (χ3v) is 8.36. The van der Waals surface area contributed by atoms with Crippen LogP contribution in [0.1, 0.15) is 39.4 Å². The van der Waals surface area contributed by atoms with Gasteiger partial charge in [-0.05, 0) is 43.2 Å². The largest absolute Gasteiger partial charge is 0.475 e. The van der Waals surface area contributed by atoms with E-state index in [9.17, 15) is 4.79 Å². The zero-order valence-electron chi connectivity index (χ0n) is 24.0. The summed E-state index contributed by atoms with van der Waals surface area (Å²) in [4.78, 5) is 23.8. The number of urea groups is 1. The van der Waals surface area contributed by atoms with Crippen LogP contribution < -0.4 is 20.7 Å². The van der Waals surface area contributed by atoms with Crippen molar-refractivity contribution in [2.45, 2.75) is 44.6 Å². The first-order chi connectivity index (χ1) is 20.7. The number of nitrogens with one attached hydrogen (secondary N) is 3. The number of aromatic nitrogens is 4. The molecule has 0 radical (unpaired) electrons. The quantitative estimate of drug-likeness (QED) is 0.167. The minimum atomic E-state index is -0.397. The van der Waals surface area contributed by atoms with Gasteiger partial charge in [0, 0.05) is 40.7 Å². The van der Waals surface area contributed by atoms with Crippen LogP contribution in [0.5, 0.6) is 5.88 Å². The number of hydrogen-bond acceptors (Lipinski definition) is 8. The highest BCUT2D eigenvalue weighted by Crippen LogP contribution is 2.39. The fourth-order valence-electron chi connectivity index (χ4n) is 4.78. The molecule has 11 heteroatoms. The maximum atomic E-state index is 12.5. The van der Waals surface area contributed by atoms with Gasteiger partial charge in [-0.25, -0.2) is 14.8 Å². The molecule has 1 saturated carbocycles. The maximum absolute atomic E-state index is 12.5. The summed E-state index contributed by atoms with van der Waals surface area (Å²) in [6.07, 6.45) is 4.15. The summed E-state index contributed by atoms with van der Waals surface area (Å²) in [7, 11) is 0. The molecule has 0 aliphatic heterocycles. The van der Waals surface area contributed by atoms with E-state index in [1.54, 1.807) is 6.07 Å². The lowest BCUT2D eigenvalue weighted by Gasteiger charge is -2.19. The van der Waals surface area contributed by atoms with Crippen molar-refractivity contribution in [1.82, 2.24) is 19.5 Å². The van der Waals surface area contributed by atoms with Gasteiger partial charge in [-0.1, -0.05) is 67.6 Å². The Morgan fingerprint density at radius 2 is 1.79 bits per heavy atom. The average Bonchev–Trinajstić information content (AvgIpc) is 3.28. The van der Waals surface area contributed by atoms with E-state index in [2.05, 4.69) is 37.6 Å². The van der Waals surface area contributed by atoms with Gasteiger partial charge < -0.3 is 19.9 Å². The molecule has 218 valence electrons. The number of anilines is 3. The summed E-state index contributed by atoms with van der Waals surface area (Å²) < 4.78 is 13.5. The third-order valence-electron chi connectivity index (χ3n) is 7.40. The van der Waals surface area contributed by atoms with Crippen LogP contribution in [-0.2, 0) is 5.41 Å². The van der Waals surface area contributed by atoms with Gasteiger partial charge in [0.25, 0.3) is 0 Å². The standard InChI is InChI=1S/C32H31N7O3S/c1-31(2,3)25-17-26(38-42-25)35-29(40)33-21-11-9-20(10-12-21)23-18-39-24-13-14-27(36-28(24)43-30(39)34-23)41-19-32(15-16-32)37-22-7-5-4-6-8-22/h4-14,17-18,37H,15-16,19H2,1-3H3,(H2,33,35,38,40). The van der Waals surface area contributed by atoms with Crippen LogP contribution in [-0.4, -0.2) is 37.7 Å². The molecular weight excluding hydrogens is 562 g/mol. The Morgan fingerprint density at radius 1 is 1.00 bits per heavy atom. The maximum Gasteiger partial charge on any atom is 0.324 e. The number of hydrogen-bond donors (Lipinski definition) is 3. The Balaban J connectivity index is 0.993. The molecule has 0 atom stereocenters. The molecule has 1 aliphatic rings. The van der Waals surface area contributed by atoms with E-state index in [1.807, 2.05) is 81.6 Å². The zero-order chi connectivity index (χ0) is 29.6. The first-order valence-corrected chi connectivity index (χ1v) is 15.0. The highest BCUT2D eigenvalue weighted by atomic mass is 32.1. The topological polar surface area (TPSA) is 119 Å². The predicted octanol–water partition coefficient (Wildman–Crippen LogP) is 7.56. The van der Waals surface area contributed by atoms with Crippen molar-refractivity contribution >= 4 is 49.9 Å². The van der Waals surface area contributed by atoms with Gasteiger partial charge in [0.15, 0.2) is 10.8 Å². The predicted molar refractivity (Wildman–Crippen MR) is 169 cm³/mol. The van der Waals surface area contributed by atoms with Crippen molar-refractivity contribution in [2.75, 3.05) is 22.6 Å². The van der Waals surface area contributed by atoms with Crippen molar-refractivity contribution < 1.29 is 14.1 Å². The van der Waals surface area contributed by atoms with Crippen LogP contribution in [0.4, 0.5) is 22.0 Å². The van der Waals surface area contributed by atoms with Crippen LogP contribution in [0.25, 0.3) is 26.6 Å². The molecule has 6 aromatic rings. The molecule has 43 heavy (non-hydrogen) atoms. The number of thiazole rings is 1. The normalized spacial score (nSPS) is 14.1. The molecule has 3 N–H and O–H groups in total. The van der Waals surface area contributed by atoms with Gasteiger partial charge in [-0.2, -0.15) is 0 Å². The lowest BCUT2D eigenvalue weighted by atomic mass is 9.93. The van der Waals surface area contributed by atoms with Crippen molar-refractivity contribution in [3.63, 3.8) is 0 Å². The minimum Gasteiger partial charge on any atom is -0.475 e. The number of fused-ring (bicyclic) bond motifs is 3. The minimum absolute atomic E-state index is 0.0288. The summed E-state index contributed by atoms with van der Waals surface area (Å²) in [6.45, 7) is 6.62. The molecule has 7 rings (SSSR count). The monoisotopic (exact) mass is 593 g/mol. The van der Waals surface area contributed by atoms with E-state index >= 15 is 0 Å². The smallest absolute Gasteiger partial charge is 0.324 e. The molecule has 4 aromatic heterocycles. The first kappa shape index (κ1) is 27.0. The molecular formula is C32H31N7O3S.